The first-order valence-corrected chi connectivity index (χ1v) is 12.3. The Morgan fingerprint density at radius 2 is 1.97 bits per heavy atom. The number of aryl methyl sites for hydroxylation is 2. The molecule has 1 N–H and O–H groups in total. The molecule has 1 aliphatic rings. The van der Waals surface area contributed by atoms with Crippen LogP contribution in [0.2, 0.25) is 0 Å². The molecule has 2 aromatic carbocycles. The Bertz CT molecular complexity index is 1210. The first-order valence-electron chi connectivity index (χ1n) is 11.5. The molecule has 0 saturated heterocycles. The first kappa shape index (κ1) is 25.0. The smallest absolute Gasteiger partial charge is 0.416 e. The normalized spacial score (nSPS) is 16.3. The molecule has 3 aromatic rings. The number of likely N-dealkylation sites (N-methyl/N-ethyl adjacent to an activating group) is 1. The molecule has 5 nitrogen and oxygen atoms in total. The number of fused-ring (bicyclic) bond motifs is 1. The predicted octanol–water partition coefficient (Wildman–Crippen LogP) is 6.37. The molecule has 0 spiro atoms. The lowest BCUT2D eigenvalue weighted by Gasteiger charge is -2.26. The van der Waals surface area contributed by atoms with Crippen LogP contribution in [0.3, 0.4) is 0 Å². The fourth-order valence-corrected chi connectivity index (χ4v) is 5.55. The van der Waals surface area contributed by atoms with Crippen LogP contribution in [0.4, 0.5) is 18.9 Å². The molecule has 4 rings (SSSR count). The third kappa shape index (κ3) is 5.45. The Kier molecular flexibility index (Phi) is 7.07. The summed E-state index contributed by atoms with van der Waals surface area (Å²) in [6, 6.07) is 11.2. The maximum Gasteiger partial charge on any atom is 0.416 e. The second-order valence-electron chi connectivity index (χ2n) is 8.67. The van der Waals surface area contributed by atoms with Crippen LogP contribution in [0.1, 0.15) is 42.0 Å². The number of alkyl halides is 3. The molecule has 1 aromatic heterocycles. The molecule has 0 bridgehead atoms. The lowest BCUT2D eigenvalue weighted by Crippen LogP contribution is -2.32. The van der Waals surface area contributed by atoms with Crippen LogP contribution in [0.15, 0.2) is 42.5 Å². The lowest BCUT2D eigenvalue weighted by atomic mass is 10.0. The minimum absolute atomic E-state index is 0.290. The molecule has 0 fully saturated rings. The minimum Gasteiger partial charge on any atom is -0.479 e. The third-order valence-electron chi connectivity index (χ3n) is 6.31. The van der Waals surface area contributed by atoms with Crippen molar-refractivity contribution in [1.82, 2.24) is 4.98 Å². The number of carboxylic acids is 1. The van der Waals surface area contributed by atoms with Gasteiger partial charge in [0, 0.05) is 28.7 Å². The van der Waals surface area contributed by atoms with Crippen molar-refractivity contribution >= 4 is 23.0 Å². The number of ether oxygens (including phenoxy) is 1. The highest BCUT2D eigenvalue weighted by Gasteiger charge is 2.31. The molecule has 2 heterocycles. The number of halogens is 3. The molecule has 35 heavy (non-hydrogen) atoms. The summed E-state index contributed by atoms with van der Waals surface area (Å²) in [5.74, 6) is -0.455. The van der Waals surface area contributed by atoms with E-state index in [1.165, 1.54) is 30.4 Å². The molecule has 186 valence electrons. The maximum atomic E-state index is 12.9. The van der Waals surface area contributed by atoms with E-state index in [9.17, 15) is 18.0 Å². The second kappa shape index (κ2) is 9.89. The van der Waals surface area contributed by atoms with Gasteiger partial charge in [-0.15, -0.1) is 11.3 Å². The van der Waals surface area contributed by atoms with Crippen molar-refractivity contribution in [2.75, 3.05) is 11.4 Å². The van der Waals surface area contributed by atoms with Gasteiger partial charge in [0.25, 0.3) is 0 Å². The van der Waals surface area contributed by atoms with Gasteiger partial charge >= 0.3 is 12.1 Å². The van der Waals surface area contributed by atoms with Crippen LogP contribution in [0.25, 0.3) is 10.6 Å². The van der Waals surface area contributed by atoms with E-state index in [0.717, 1.165) is 64.8 Å². The standard InChI is InChI=1S/C26H27F3N2O3S/c1-4-31-20(13-18-14-21(10-11-22(18)31)34-16(3)25(32)33)9-12-23-15(2)30-24(35-23)17-5-7-19(8-6-17)26(27,28)29/h5-8,10-11,14,16,20H,4,9,12-13H2,1-3H3,(H,32,33). The molecule has 0 saturated carbocycles. The summed E-state index contributed by atoms with van der Waals surface area (Å²) in [5, 5.41) is 9.82. The van der Waals surface area contributed by atoms with Gasteiger partial charge in [-0.1, -0.05) is 12.1 Å². The van der Waals surface area contributed by atoms with E-state index in [2.05, 4.69) is 16.8 Å². The van der Waals surface area contributed by atoms with Gasteiger partial charge in [-0.05, 0) is 75.9 Å². The lowest BCUT2D eigenvalue weighted by molar-refractivity contribution is -0.144. The fourth-order valence-electron chi connectivity index (χ4n) is 4.46. The predicted molar refractivity (Wildman–Crippen MR) is 130 cm³/mol. The summed E-state index contributed by atoms with van der Waals surface area (Å²) in [4.78, 5) is 19.2. The molecule has 1 aliphatic heterocycles. The van der Waals surface area contributed by atoms with Crippen LogP contribution < -0.4 is 9.64 Å². The molecule has 0 amide bonds. The van der Waals surface area contributed by atoms with E-state index in [4.69, 9.17) is 9.84 Å². The van der Waals surface area contributed by atoms with Crippen molar-refractivity contribution in [2.24, 2.45) is 0 Å². The zero-order chi connectivity index (χ0) is 25.3. The molecule has 2 atom stereocenters. The Hall–Kier alpha value is -3.07. The first-order chi connectivity index (χ1) is 16.6. The largest absolute Gasteiger partial charge is 0.479 e. The van der Waals surface area contributed by atoms with Gasteiger partial charge in [0.05, 0.1) is 11.3 Å². The Morgan fingerprint density at radius 1 is 1.26 bits per heavy atom. The van der Waals surface area contributed by atoms with Crippen molar-refractivity contribution in [3.05, 3.63) is 64.2 Å². The van der Waals surface area contributed by atoms with Crippen molar-refractivity contribution in [1.29, 1.82) is 0 Å². The van der Waals surface area contributed by atoms with Crippen molar-refractivity contribution in [2.45, 2.75) is 58.4 Å². The summed E-state index contributed by atoms with van der Waals surface area (Å²) in [6.45, 7) is 6.40. The number of benzene rings is 2. The summed E-state index contributed by atoms with van der Waals surface area (Å²) >= 11 is 1.53. The fraction of sp³-hybridized carbons (Fsp3) is 0.385. The summed E-state index contributed by atoms with van der Waals surface area (Å²) in [5.41, 5.74) is 3.20. The summed E-state index contributed by atoms with van der Waals surface area (Å²) in [7, 11) is 0. The molecule has 0 aliphatic carbocycles. The van der Waals surface area contributed by atoms with Crippen molar-refractivity contribution < 1.29 is 27.8 Å². The topological polar surface area (TPSA) is 62.7 Å². The SMILES string of the molecule is CCN1c2ccc(OC(C)C(=O)O)cc2CC1CCc1sc(-c2ccc(C(F)(F)F)cc2)nc1C. The number of anilines is 1. The number of thiazole rings is 1. The van der Waals surface area contributed by atoms with E-state index in [-0.39, 0.29) is 6.04 Å². The number of hydrogen-bond acceptors (Lipinski definition) is 5. The van der Waals surface area contributed by atoms with Gasteiger partial charge in [0.2, 0.25) is 0 Å². The van der Waals surface area contributed by atoms with Gasteiger partial charge in [-0.25, -0.2) is 9.78 Å². The minimum atomic E-state index is -4.35. The van der Waals surface area contributed by atoms with Crippen molar-refractivity contribution in [3.8, 4) is 16.3 Å². The van der Waals surface area contributed by atoms with Crippen LogP contribution in [0, 0.1) is 6.92 Å². The third-order valence-corrected chi connectivity index (χ3v) is 7.58. The van der Waals surface area contributed by atoms with E-state index in [1.54, 1.807) is 0 Å². The van der Waals surface area contributed by atoms with E-state index in [1.807, 2.05) is 25.1 Å². The van der Waals surface area contributed by atoms with Crippen LogP contribution in [-0.2, 0) is 23.8 Å². The number of rotatable bonds is 8. The van der Waals surface area contributed by atoms with Gasteiger partial charge in [0.15, 0.2) is 6.10 Å². The highest BCUT2D eigenvalue weighted by atomic mass is 32.1. The number of carbonyl (C=O) groups is 1. The van der Waals surface area contributed by atoms with Crippen LogP contribution >= 0.6 is 11.3 Å². The van der Waals surface area contributed by atoms with E-state index in [0.29, 0.717) is 11.3 Å². The summed E-state index contributed by atoms with van der Waals surface area (Å²) in [6.07, 6.45) is -2.71. The van der Waals surface area contributed by atoms with Gasteiger partial charge in [0.1, 0.15) is 10.8 Å². The van der Waals surface area contributed by atoms with E-state index < -0.39 is 23.8 Å². The maximum absolute atomic E-state index is 12.9. The van der Waals surface area contributed by atoms with Crippen LogP contribution in [-0.4, -0.2) is 34.8 Å². The zero-order valence-corrected chi connectivity index (χ0v) is 20.5. The monoisotopic (exact) mass is 504 g/mol. The molecular formula is C26H27F3N2O3S. The number of hydrogen-bond donors (Lipinski definition) is 1. The van der Waals surface area contributed by atoms with Gasteiger partial charge in [-0.3, -0.25) is 0 Å². The van der Waals surface area contributed by atoms with Crippen molar-refractivity contribution in [3.63, 3.8) is 0 Å². The number of carboxylic acid groups (broad SMARTS) is 1. The number of aromatic nitrogens is 1. The van der Waals surface area contributed by atoms with Gasteiger partial charge in [-0.2, -0.15) is 13.2 Å². The van der Waals surface area contributed by atoms with Gasteiger partial charge < -0.3 is 14.7 Å². The van der Waals surface area contributed by atoms with E-state index >= 15 is 0 Å². The number of aliphatic carboxylic acids is 1. The van der Waals surface area contributed by atoms with Crippen LogP contribution in [0.5, 0.6) is 5.75 Å². The zero-order valence-electron chi connectivity index (χ0n) is 19.7. The second-order valence-corrected chi connectivity index (χ2v) is 9.76. The molecule has 9 heteroatoms. The molecule has 2 unspecified atom stereocenters. The average molecular weight is 505 g/mol. The highest BCUT2D eigenvalue weighted by Crippen LogP contribution is 2.38. The molecular weight excluding hydrogens is 477 g/mol. The Balaban J connectivity index is 1.44. The number of nitrogens with zero attached hydrogens (tertiary/aromatic N) is 2. The molecule has 0 radical (unpaired) electrons. The Labute approximate surface area is 206 Å². The Morgan fingerprint density at radius 3 is 2.60 bits per heavy atom. The quantitative estimate of drug-likeness (QED) is 0.386. The summed E-state index contributed by atoms with van der Waals surface area (Å²) < 4.78 is 44.1. The average Bonchev–Trinajstić information content (AvgIpc) is 3.36. The highest BCUT2D eigenvalue weighted by molar-refractivity contribution is 7.15.